The summed E-state index contributed by atoms with van der Waals surface area (Å²) in [7, 11) is 1.80. The molecular weight excluding hydrogens is 252 g/mol. The maximum atomic E-state index is 12.4. The van der Waals surface area contributed by atoms with Crippen LogP contribution in [0.3, 0.4) is 0 Å². The first-order chi connectivity index (χ1) is 9.63. The topological polar surface area (TPSA) is 43.8 Å². The Labute approximate surface area is 121 Å². The molecule has 2 unspecified atom stereocenters. The number of amides is 1. The van der Waals surface area contributed by atoms with Crippen LogP contribution in [-0.4, -0.2) is 48.7 Å². The molecule has 0 saturated carbocycles. The largest absolute Gasteiger partial charge is 0.395 e. The van der Waals surface area contributed by atoms with E-state index in [1.807, 2.05) is 30.3 Å². The van der Waals surface area contributed by atoms with E-state index in [0.29, 0.717) is 12.5 Å². The lowest BCUT2D eigenvalue weighted by Gasteiger charge is -2.39. The van der Waals surface area contributed by atoms with E-state index in [0.717, 1.165) is 25.1 Å². The first-order valence-corrected chi connectivity index (χ1v) is 7.30. The molecule has 4 nitrogen and oxygen atoms in total. The number of likely N-dealkylation sites (tertiary alicyclic amines) is 1. The Hall–Kier alpha value is -1.39. The number of aliphatic hydroxyl groups is 1. The van der Waals surface area contributed by atoms with Crippen molar-refractivity contribution in [2.45, 2.75) is 25.8 Å². The smallest absolute Gasteiger partial charge is 0.240 e. The van der Waals surface area contributed by atoms with Crippen molar-refractivity contribution >= 4 is 11.6 Å². The van der Waals surface area contributed by atoms with Crippen molar-refractivity contribution in [3.8, 4) is 0 Å². The predicted molar refractivity (Wildman–Crippen MR) is 80.7 cm³/mol. The first kappa shape index (κ1) is 15.0. The summed E-state index contributed by atoms with van der Waals surface area (Å²) in [6.07, 6.45) is 2.23. The van der Waals surface area contributed by atoms with Gasteiger partial charge in [0.15, 0.2) is 0 Å². The summed E-state index contributed by atoms with van der Waals surface area (Å²) in [5, 5.41) is 9.53. The van der Waals surface area contributed by atoms with Crippen molar-refractivity contribution in [2.24, 2.45) is 5.92 Å². The lowest BCUT2D eigenvalue weighted by Crippen LogP contribution is -2.50. The molecule has 1 fully saturated rings. The number of carbonyl (C=O) groups excluding carboxylic acids is 1. The van der Waals surface area contributed by atoms with Gasteiger partial charge in [-0.15, -0.1) is 0 Å². The zero-order valence-corrected chi connectivity index (χ0v) is 12.3. The summed E-state index contributed by atoms with van der Waals surface area (Å²) in [6.45, 7) is 3.55. The highest BCUT2D eigenvalue weighted by Crippen LogP contribution is 2.23. The van der Waals surface area contributed by atoms with Crippen LogP contribution in [0.25, 0.3) is 0 Å². The number of benzene rings is 1. The molecule has 1 N–H and O–H groups in total. The number of aliphatic hydroxyl groups excluding tert-OH is 1. The highest BCUT2D eigenvalue weighted by Gasteiger charge is 2.29. The van der Waals surface area contributed by atoms with Gasteiger partial charge >= 0.3 is 0 Å². The molecule has 1 amide bonds. The van der Waals surface area contributed by atoms with Crippen LogP contribution in [-0.2, 0) is 4.79 Å². The molecule has 0 aromatic heterocycles. The summed E-state index contributed by atoms with van der Waals surface area (Å²) in [6, 6.07) is 9.77. The zero-order valence-electron chi connectivity index (χ0n) is 12.3. The molecule has 1 aliphatic rings. The van der Waals surface area contributed by atoms with E-state index in [9.17, 15) is 9.90 Å². The first-order valence-electron chi connectivity index (χ1n) is 7.30. The molecule has 1 aliphatic heterocycles. The number of para-hydroxylation sites is 1. The van der Waals surface area contributed by atoms with Crippen molar-refractivity contribution in [1.29, 1.82) is 0 Å². The van der Waals surface area contributed by atoms with Crippen molar-refractivity contribution < 1.29 is 9.90 Å². The summed E-state index contributed by atoms with van der Waals surface area (Å²) < 4.78 is 0. The van der Waals surface area contributed by atoms with Gasteiger partial charge in [0.05, 0.1) is 13.2 Å². The van der Waals surface area contributed by atoms with Crippen molar-refractivity contribution in [3.63, 3.8) is 0 Å². The second kappa shape index (κ2) is 6.86. The summed E-state index contributed by atoms with van der Waals surface area (Å²) in [4.78, 5) is 16.2. The highest BCUT2D eigenvalue weighted by molar-refractivity contribution is 5.94. The predicted octanol–water partition coefficient (Wildman–Crippen LogP) is 1.74. The van der Waals surface area contributed by atoms with Gasteiger partial charge in [0.25, 0.3) is 0 Å². The lowest BCUT2D eigenvalue weighted by molar-refractivity contribution is -0.121. The van der Waals surface area contributed by atoms with E-state index in [4.69, 9.17) is 0 Å². The molecule has 1 aromatic carbocycles. The fraction of sp³-hybridized carbons (Fsp3) is 0.562. The SMILES string of the molecule is CC1CCCN(CC(=O)N(C)c2ccccc2)C1CO. The minimum atomic E-state index is 0.0729. The molecular formula is C16H24N2O2. The number of nitrogens with zero attached hydrogens (tertiary/aromatic N) is 2. The minimum Gasteiger partial charge on any atom is -0.395 e. The normalized spacial score (nSPS) is 23.6. The summed E-state index contributed by atoms with van der Waals surface area (Å²) in [5.41, 5.74) is 0.906. The molecule has 0 radical (unpaired) electrons. The third kappa shape index (κ3) is 3.38. The van der Waals surface area contributed by atoms with E-state index < -0.39 is 0 Å². The average Bonchev–Trinajstić information content (AvgIpc) is 2.47. The number of anilines is 1. The summed E-state index contributed by atoms with van der Waals surface area (Å²) >= 11 is 0. The summed E-state index contributed by atoms with van der Waals surface area (Å²) in [5.74, 6) is 0.521. The zero-order chi connectivity index (χ0) is 14.5. The third-order valence-corrected chi connectivity index (χ3v) is 4.27. The Morgan fingerprint density at radius 1 is 1.40 bits per heavy atom. The van der Waals surface area contributed by atoms with E-state index in [-0.39, 0.29) is 18.6 Å². The van der Waals surface area contributed by atoms with Crippen molar-refractivity contribution in [3.05, 3.63) is 30.3 Å². The second-order valence-electron chi connectivity index (χ2n) is 5.63. The number of carbonyl (C=O) groups is 1. The molecule has 2 rings (SSSR count). The van der Waals surface area contributed by atoms with E-state index in [1.54, 1.807) is 11.9 Å². The van der Waals surface area contributed by atoms with Crippen molar-refractivity contribution in [2.75, 3.05) is 31.6 Å². The van der Waals surface area contributed by atoms with Crippen LogP contribution in [0.15, 0.2) is 30.3 Å². The van der Waals surface area contributed by atoms with Gasteiger partial charge in [-0.3, -0.25) is 9.69 Å². The van der Waals surface area contributed by atoms with Crippen LogP contribution < -0.4 is 4.90 Å². The molecule has 1 aromatic rings. The maximum absolute atomic E-state index is 12.4. The number of likely N-dealkylation sites (N-methyl/N-ethyl adjacent to an activating group) is 1. The Bertz CT molecular complexity index is 435. The molecule has 2 atom stereocenters. The molecule has 0 spiro atoms. The molecule has 1 saturated heterocycles. The van der Waals surface area contributed by atoms with E-state index in [1.165, 1.54) is 0 Å². The number of hydrogen-bond donors (Lipinski definition) is 1. The second-order valence-corrected chi connectivity index (χ2v) is 5.63. The highest BCUT2D eigenvalue weighted by atomic mass is 16.3. The van der Waals surface area contributed by atoms with Crippen LogP contribution in [0.2, 0.25) is 0 Å². The maximum Gasteiger partial charge on any atom is 0.240 e. The van der Waals surface area contributed by atoms with E-state index >= 15 is 0 Å². The third-order valence-electron chi connectivity index (χ3n) is 4.27. The fourth-order valence-electron chi connectivity index (χ4n) is 2.90. The molecule has 4 heteroatoms. The van der Waals surface area contributed by atoms with Gasteiger partial charge in [-0.2, -0.15) is 0 Å². The number of piperidine rings is 1. The molecule has 20 heavy (non-hydrogen) atoms. The van der Waals surface area contributed by atoms with E-state index in [2.05, 4.69) is 11.8 Å². The minimum absolute atomic E-state index is 0.0729. The lowest BCUT2D eigenvalue weighted by atomic mass is 9.91. The Kier molecular flexibility index (Phi) is 5.15. The van der Waals surface area contributed by atoms with Crippen molar-refractivity contribution in [1.82, 2.24) is 4.90 Å². The Balaban J connectivity index is 2.00. The fourth-order valence-corrected chi connectivity index (χ4v) is 2.90. The van der Waals surface area contributed by atoms with Gasteiger partial charge < -0.3 is 10.0 Å². The standard InChI is InChI=1S/C16H24N2O2/c1-13-7-6-10-18(15(13)12-19)11-16(20)17(2)14-8-4-3-5-9-14/h3-5,8-9,13,15,19H,6-7,10-12H2,1-2H3. The van der Waals surface area contributed by atoms with Crippen LogP contribution in [0.5, 0.6) is 0 Å². The average molecular weight is 276 g/mol. The van der Waals surface area contributed by atoms with Crippen LogP contribution in [0.4, 0.5) is 5.69 Å². The number of rotatable bonds is 4. The Morgan fingerprint density at radius 2 is 2.10 bits per heavy atom. The van der Waals surface area contributed by atoms with Gasteiger partial charge in [0.2, 0.25) is 5.91 Å². The van der Waals surface area contributed by atoms with Crippen LogP contribution in [0.1, 0.15) is 19.8 Å². The van der Waals surface area contributed by atoms with Gasteiger partial charge in [-0.05, 0) is 37.4 Å². The molecule has 1 heterocycles. The van der Waals surface area contributed by atoms with Gasteiger partial charge in [-0.1, -0.05) is 25.1 Å². The van der Waals surface area contributed by atoms with Crippen LogP contribution >= 0.6 is 0 Å². The van der Waals surface area contributed by atoms with Crippen LogP contribution in [0, 0.1) is 5.92 Å². The molecule has 0 aliphatic carbocycles. The van der Waals surface area contributed by atoms with Gasteiger partial charge in [0.1, 0.15) is 0 Å². The van der Waals surface area contributed by atoms with Gasteiger partial charge in [0, 0.05) is 18.8 Å². The molecule has 110 valence electrons. The molecule has 0 bridgehead atoms. The monoisotopic (exact) mass is 276 g/mol. The van der Waals surface area contributed by atoms with Gasteiger partial charge in [-0.25, -0.2) is 0 Å². The Morgan fingerprint density at radius 3 is 2.75 bits per heavy atom. The quantitative estimate of drug-likeness (QED) is 0.911. The number of hydrogen-bond acceptors (Lipinski definition) is 3.